The van der Waals surface area contributed by atoms with Crippen molar-refractivity contribution in [3.05, 3.63) is 158 Å². The Hall–Kier alpha value is -5.92. The van der Waals surface area contributed by atoms with E-state index in [-0.39, 0.29) is 0 Å². The van der Waals surface area contributed by atoms with Gasteiger partial charge in [-0.2, -0.15) is 0 Å². The van der Waals surface area contributed by atoms with E-state index in [9.17, 15) is 0 Å². The first-order chi connectivity index (χ1) is 22.3. The molecule has 0 aliphatic carbocycles. The number of rotatable bonds is 2. The third-order valence-electron chi connectivity index (χ3n) is 9.64. The summed E-state index contributed by atoms with van der Waals surface area (Å²) in [6.07, 6.45) is 0. The van der Waals surface area contributed by atoms with Crippen molar-refractivity contribution in [2.75, 3.05) is 0 Å². The molecule has 0 spiro atoms. The fraction of sp³-hybridized carbons (Fsp3) is 0. The maximum Gasteiger partial charge on any atom is 0.143 e. The lowest BCUT2D eigenvalue weighted by Gasteiger charge is -2.24. The molecular weight excluding hydrogens is 544 g/mol. The molecule has 1 nitrogen and oxygen atoms in total. The monoisotopic (exact) mass is 570 g/mol. The van der Waals surface area contributed by atoms with Gasteiger partial charge in [0.15, 0.2) is 0 Å². The lowest BCUT2D eigenvalue weighted by Crippen LogP contribution is -1.99. The van der Waals surface area contributed by atoms with Crippen molar-refractivity contribution in [2.24, 2.45) is 0 Å². The number of hydrogen-bond donors (Lipinski definition) is 0. The highest BCUT2D eigenvalue weighted by Crippen LogP contribution is 2.52. The van der Waals surface area contributed by atoms with Crippen LogP contribution in [0.4, 0.5) is 0 Å². The molecule has 0 fully saturated rings. The van der Waals surface area contributed by atoms with Gasteiger partial charge in [0.1, 0.15) is 11.5 Å². The zero-order chi connectivity index (χ0) is 29.5. The standard InChI is InChI=1S/C44H26O/c1-2-12-29(13-3-1)42-36-19-8-16-32(40(36)26-39-30-14-6-4-10-27(30)20-22-37(39)42)33-24-25-41-43-34(33)17-9-18-35(43)38-23-21-28-11-5-7-15-31(28)44(38)45-41/h1-26H. The average molecular weight is 571 g/mol. The fourth-order valence-corrected chi connectivity index (χ4v) is 7.64. The molecule has 0 amide bonds. The Labute approximate surface area is 260 Å². The van der Waals surface area contributed by atoms with E-state index >= 15 is 0 Å². The minimum Gasteiger partial charge on any atom is -0.455 e. The Morgan fingerprint density at radius 3 is 1.82 bits per heavy atom. The lowest BCUT2D eigenvalue weighted by atomic mass is 9.85. The summed E-state index contributed by atoms with van der Waals surface area (Å²) < 4.78 is 6.72. The van der Waals surface area contributed by atoms with Gasteiger partial charge in [-0.15, -0.1) is 0 Å². The van der Waals surface area contributed by atoms with Crippen LogP contribution < -0.4 is 4.74 Å². The number of benzene rings is 9. The molecule has 0 saturated heterocycles. The quantitative estimate of drug-likeness (QED) is 0.148. The lowest BCUT2D eigenvalue weighted by molar-refractivity contribution is 0.493. The summed E-state index contributed by atoms with van der Waals surface area (Å²) in [7, 11) is 0. The van der Waals surface area contributed by atoms with Crippen molar-refractivity contribution < 1.29 is 4.74 Å². The highest BCUT2D eigenvalue weighted by molar-refractivity contribution is 6.23. The summed E-state index contributed by atoms with van der Waals surface area (Å²) in [5.74, 6) is 1.85. The van der Waals surface area contributed by atoms with Crippen LogP contribution in [0, 0.1) is 0 Å². The summed E-state index contributed by atoms with van der Waals surface area (Å²) in [6.45, 7) is 0. The molecule has 9 aromatic carbocycles. The smallest absolute Gasteiger partial charge is 0.143 e. The van der Waals surface area contributed by atoms with Crippen LogP contribution in [0.5, 0.6) is 11.5 Å². The summed E-state index contributed by atoms with van der Waals surface area (Å²) in [5.41, 5.74) is 7.32. The van der Waals surface area contributed by atoms with Crippen molar-refractivity contribution in [3.8, 4) is 44.9 Å². The molecule has 208 valence electrons. The molecular formula is C44H26O. The largest absolute Gasteiger partial charge is 0.455 e. The first-order valence-corrected chi connectivity index (χ1v) is 15.5. The van der Waals surface area contributed by atoms with E-state index in [1.807, 2.05) is 0 Å². The van der Waals surface area contributed by atoms with E-state index in [1.165, 1.54) is 76.3 Å². The normalized spacial score (nSPS) is 12.2. The van der Waals surface area contributed by atoms with Gasteiger partial charge in [0, 0.05) is 16.3 Å². The van der Waals surface area contributed by atoms with Gasteiger partial charge >= 0.3 is 0 Å². The van der Waals surface area contributed by atoms with E-state index in [4.69, 9.17) is 4.74 Å². The molecule has 1 heterocycles. The Balaban J connectivity index is 1.30. The van der Waals surface area contributed by atoms with Gasteiger partial charge in [0.05, 0.1) is 0 Å². The minimum absolute atomic E-state index is 0.912. The molecule has 1 aliphatic heterocycles. The first kappa shape index (κ1) is 24.5. The molecule has 0 saturated carbocycles. The van der Waals surface area contributed by atoms with Crippen LogP contribution in [0.2, 0.25) is 0 Å². The molecule has 0 aromatic heterocycles. The van der Waals surface area contributed by atoms with Gasteiger partial charge in [-0.05, 0) is 89.1 Å². The van der Waals surface area contributed by atoms with Gasteiger partial charge in [-0.25, -0.2) is 0 Å². The maximum absolute atomic E-state index is 6.72. The third-order valence-corrected chi connectivity index (χ3v) is 9.64. The molecule has 9 aromatic rings. The van der Waals surface area contributed by atoms with Gasteiger partial charge in [-0.3, -0.25) is 0 Å². The van der Waals surface area contributed by atoms with Crippen molar-refractivity contribution in [3.63, 3.8) is 0 Å². The molecule has 1 heteroatoms. The molecule has 0 bridgehead atoms. The Morgan fingerprint density at radius 1 is 0.333 bits per heavy atom. The summed E-state index contributed by atoms with van der Waals surface area (Å²) in [5, 5.41) is 12.3. The second-order valence-corrected chi connectivity index (χ2v) is 12.0. The predicted molar refractivity (Wildman–Crippen MR) is 190 cm³/mol. The summed E-state index contributed by atoms with van der Waals surface area (Å²) >= 11 is 0. The number of hydrogen-bond acceptors (Lipinski definition) is 1. The zero-order valence-electron chi connectivity index (χ0n) is 24.4. The van der Waals surface area contributed by atoms with Crippen molar-refractivity contribution in [1.29, 1.82) is 0 Å². The average Bonchev–Trinajstić information content (AvgIpc) is 3.11. The molecule has 0 unspecified atom stereocenters. The van der Waals surface area contributed by atoms with Crippen LogP contribution in [0.1, 0.15) is 0 Å². The van der Waals surface area contributed by atoms with Crippen LogP contribution >= 0.6 is 0 Å². The topological polar surface area (TPSA) is 9.23 Å². The van der Waals surface area contributed by atoms with Crippen molar-refractivity contribution in [2.45, 2.75) is 0 Å². The van der Waals surface area contributed by atoms with Crippen LogP contribution in [0.15, 0.2) is 158 Å². The predicted octanol–water partition coefficient (Wildman–Crippen LogP) is 12.6. The fourth-order valence-electron chi connectivity index (χ4n) is 7.64. The molecule has 10 rings (SSSR count). The molecule has 1 aliphatic rings. The number of fused-ring (bicyclic) bond motifs is 8. The van der Waals surface area contributed by atoms with Crippen LogP contribution in [0.3, 0.4) is 0 Å². The van der Waals surface area contributed by atoms with Gasteiger partial charge < -0.3 is 4.74 Å². The highest BCUT2D eigenvalue weighted by Gasteiger charge is 2.24. The molecule has 0 radical (unpaired) electrons. The second kappa shape index (κ2) is 9.29. The maximum atomic E-state index is 6.72. The van der Waals surface area contributed by atoms with E-state index in [0.29, 0.717) is 0 Å². The van der Waals surface area contributed by atoms with Crippen LogP contribution in [-0.2, 0) is 0 Å². The Bertz CT molecular complexity index is 2670. The summed E-state index contributed by atoms with van der Waals surface area (Å²) in [4.78, 5) is 0. The zero-order valence-corrected chi connectivity index (χ0v) is 24.4. The summed E-state index contributed by atoms with van der Waals surface area (Å²) in [6, 6.07) is 57.3. The van der Waals surface area contributed by atoms with Crippen molar-refractivity contribution in [1.82, 2.24) is 0 Å². The number of ether oxygens (including phenoxy) is 1. The van der Waals surface area contributed by atoms with Crippen LogP contribution in [0.25, 0.3) is 87.2 Å². The third kappa shape index (κ3) is 3.50. The Morgan fingerprint density at radius 2 is 0.956 bits per heavy atom. The van der Waals surface area contributed by atoms with E-state index < -0.39 is 0 Å². The van der Waals surface area contributed by atoms with E-state index in [0.717, 1.165) is 22.4 Å². The van der Waals surface area contributed by atoms with Gasteiger partial charge in [0.2, 0.25) is 0 Å². The second-order valence-electron chi connectivity index (χ2n) is 12.0. The molecule has 0 atom stereocenters. The molecule has 45 heavy (non-hydrogen) atoms. The van der Waals surface area contributed by atoms with Crippen LogP contribution in [-0.4, -0.2) is 0 Å². The minimum atomic E-state index is 0.912. The van der Waals surface area contributed by atoms with Gasteiger partial charge in [0.25, 0.3) is 0 Å². The van der Waals surface area contributed by atoms with Gasteiger partial charge in [-0.1, -0.05) is 140 Å². The van der Waals surface area contributed by atoms with E-state index in [2.05, 4.69) is 158 Å². The Kier molecular flexibility index (Phi) is 5.06. The van der Waals surface area contributed by atoms with E-state index in [1.54, 1.807) is 0 Å². The van der Waals surface area contributed by atoms with Crippen molar-refractivity contribution >= 4 is 53.9 Å². The first-order valence-electron chi connectivity index (χ1n) is 15.5. The SMILES string of the molecule is c1ccc(-c2c3cccc(-c4ccc5c6c(cccc46)-c4ccc6ccccc6c4O5)c3cc3c2ccc2ccccc23)cc1. The molecule has 0 N–H and O–H groups in total. The highest BCUT2D eigenvalue weighted by atomic mass is 16.5.